The Kier molecular flexibility index (Phi) is 4.63. The third kappa shape index (κ3) is 3.05. The normalized spacial score (nSPS) is 15.2. The van der Waals surface area contributed by atoms with Crippen LogP contribution in [0.15, 0.2) is 52.9 Å². The van der Waals surface area contributed by atoms with Gasteiger partial charge in [-0.3, -0.25) is 4.79 Å². The molecule has 0 fully saturated rings. The minimum atomic E-state index is -0.367. The second-order valence-electron chi connectivity index (χ2n) is 7.23. The molecule has 4 rings (SSSR count). The first kappa shape index (κ1) is 18.6. The molecule has 6 nitrogen and oxygen atoms in total. The van der Waals surface area contributed by atoms with E-state index in [9.17, 15) is 4.79 Å². The number of nitrogens with one attached hydrogen (secondary N) is 1. The summed E-state index contributed by atoms with van der Waals surface area (Å²) in [5, 5.41) is 10.7. The van der Waals surface area contributed by atoms with Gasteiger partial charge >= 0.3 is 0 Å². The van der Waals surface area contributed by atoms with Crippen LogP contribution in [0.25, 0.3) is 5.52 Å². The lowest BCUT2D eigenvalue weighted by Crippen LogP contribution is -2.32. The molecule has 0 bridgehead atoms. The van der Waals surface area contributed by atoms with Gasteiger partial charge < -0.3 is 9.72 Å². The summed E-state index contributed by atoms with van der Waals surface area (Å²) in [7, 11) is 0. The van der Waals surface area contributed by atoms with E-state index in [0.29, 0.717) is 6.54 Å². The SMILES string of the molecule is CCN(/N=C/c1ccc2c(c1)C(C)(C)NC2=O)c1nccn2c(SC)ccc12. The summed E-state index contributed by atoms with van der Waals surface area (Å²) in [5.74, 6) is 0.798. The van der Waals surface area contributed by atoms with Gasteiger partial charge in [-0.1, -0.05) is 6.07 Å². The number of hydrogen-bond donors (Lipinski definition) is 1. The molecule has 0 unspecified atom stereocenters. The average Bonchev–Trinajstić information content (AvgIpc) is 3.20. The summed E-state index contributed by atoms with van der Waals surface area (Å²) < 4.78 is 2.13. The number of carbonyl (C=O) groups is 1. The molecule has 1 amide bonds. The summed E-state index contributed by atoms with van der Waals surface area (Å²) in [4.78, 5) is 16.6. The highest BCUT2D eigenvalue weighted by molar-refractivity contribution is 7.98. The van der Waals surface area contributed by atoms with Crippen molar-refractivity contribution in [3.05, 3.63) is 59.4 Å². The molecular formula is C21H23N5OS. The van der Waals surface area contributed by atoms with Crippen molar-refractivity contribution >= 4 is 35.2 Å². The van der Waals surface area contributed by atoms with Gasteiger partial charge in [-0.05, 0) is 62.4 Å². The molecule has 1 aliphatic heterocycles. The highest BCUT2D eigenvalue weighted by Gasteiger charge is 2.34. The van der Waals surface area contributed by atoms with Crippen LogP contribution in [0.1, 0.15) is 42.3 Å². The molecule has 0 saturated carbocycles. The fourth-order valence-corrected chi connectivity index (χ4v) is 4.13. The van der Waals surface area contributed by atoms with Crippen molar-refractivity contribution in [3.8, 4) is 0 Å². The van der Waals surface area contributed by atoms with Crippen LogP contribution in [-0.4, -0.2) is 34.3 Å². The molecule has 0 spiro atoms. The Hall–Kier alpha value is -2.80. The van der Waals surface area contributed by atoms with Crippen molar-refractivity contribution in [1.82, 2.24) is 14.7 Å². The van der Waals surface area contributed by atoms with Gasteiger partial charge in [-0.25, -0.2) is 9.99 Å². The number of nitrogens with zero attached hydrogens (tertiary/aromatic N) is 4. The molecule has 28 heavy (non-hydrogen) atoms. The van der Waals surface area contributed by atoms with Gasteiger partial charge in [-0.15, -0.1) is 11.8 Å². The number of anilines is 1. The number of benzene rings is 1. The quantitative estimate of drug-likeness (QED) is 0.406. The molecule has 0 aliphatic carbocycles. The van der Waals surface area contributed by atoms with E-state index in [0.717, 1.165) is 33.1 Å². The van der Waals surface area contributed by atoms with E-state index < -0.39 is 0 Å². The lowest BCUT2D eigenvalue weighted by Gasteiger charge is -2.19. The molecule has 0 saturated heterocycles. The number of fused-ring (bicyclic) bond motifs is 2. The van der Waals surface area contributed by atoms with Crippen molar-refractivity contribution in [2.45, 2.75) is 31.3 Å². The predicted octanol–water partition coefficient (Wildman–Crippen LogP) is 3.90. The molecule has 2 aromatic heterocycles. The summed E-state index contributed by atoms with van der Waals surface area (Å²) in [6, 6.07) is 9.99. The first-order valence-corrected chi connectivity index (χ1v) is 10.5. The number of thioether (sulfide) groups is 1. The molecule has 144 valence electrons. The molecule has 3 heterocycles. The first-order chi connectivity index (χ1) is 13.4. The third-order valence-electron chi connectivity index (χ3n) is 5.01. The van der Waals surface area contributed by atoms with Crippen molar-refractivity contribution in [2.75, 3.05) is 17.8 Å². The monoisotopic (exact) mass is 393 g/mol. The molecule has 0 atom stereocenters. The summed E-state index contributed by atoms with van der Waals surface area (Å²) in [5.41, 5.74) is 3.35. The predicted molar refractivity (Wildman–Crippen MR) is 115 cm³/mol. The smallest absolute Gasteiger partial charge is 0.252 e. The zero-order valence-electron chi connectivity index (χ0n) is 16.4. The molecule has 1 N–H and O–H groups in total. The molecular weight excluding hydrogens is 370 g/mol. The van der Waals surface area contributed by atoms with Gasteiger partial charge in [0.15, 0.2) is 5.82 Å². The van der Waals surface area contributed by atoms with Gasteiger partial charge in [0.2, 0.25) is 0 Å². The number of carbonyl (C=O) groups excluding carboxylic acids is 1. The second kappa shape index (κ2) is 6.98. The highest BCUT2D eigenvalue weighted by Crippen LogP contribution is 2.31. The maximum absolute atomic E-state index is 12.1. The minimum Gasteiger partial charge on any atom is -0.343 e. The lowest BCUT2D eigenvalue weighted by atomic mass is 9.93. The zero-order chi connectivity index (χ0) is 19.9. The second-order valence-corrected chi connectivity index (χ2v) is 8.05. The Labute approximate surface area is 168 Å². The molecule has 0 radical (unpaired) electrons. The van der Waals surface area contributed by atoms with Crippen molar-refractivity contribution in [2.24, 2.45) is 5.10 Å². The molecule has 1 aromatic carbocycles. The van der Waals surface area contributed by atoms with Crippen LogP contribution >= 0.6 is 11.8 Å². The fraction of sp³-hybridized carbons (Fsp3) is 0.286. The van der Waals surface area contributed by atoms with E-state index in [1.165, 1.54) is 0 Å². The van der Waals surface area contributed by atoms with Gasteiger partial charge in [0.1, 0.15) is 0 Å². The Morgan fingerprint density at radius 2 is 2.14 bits per heavy atom. The maximum atomic E-state index is 12.1. The van der Waals surface area contributed by atoms with E-state index >= 15 is 0 Å². The number of amides is 1. The van der Waals surface area contributed by atoms with E-state index in [2.05, 4.69) is 45.1 Å². The van der Waals surface area contributed by atoms with Crippen LogP contribution in [-0.2, 0) is 5.54 Å². The summed E-state index contributed by atoms with van der Waals surface area (Å²) in [6.45, 7) is 6.77. The number of hydrazone groups is 1. The van der Waals surface area contributed by atoms with E-state index in [1.54, 1.807) is 18.0 Å². The minimum absolute atomic E-state index is 0.0209. The van der Waals surface area contributed by atoms with E-state index in [1.807, 2.05) is 49.5 Å². The van der Waals surface area contributed by atoms with Crippen molar-refractivity contribution < 1.29 is 4.79 Å². The summed E-state index contributed by atoms with van der Waals surface area (Å²) in [6.07, 6.45) is 7.66. The van der Waals surface area contributed by atoms with Crippen molar-refractivity contribution in [1.29, 1.82) is 0 Å². The van der Waals surface area contributed by atoms with E-state index in [4.69, 9.17) is 0 Å². The Morgan fingerprint density at radius 3 is 2.89 bits per heavy atom. The topological polar surface area (TPSA) is 62.0 Å². The van der Waals surface area contributed by atoms with Gasteiger partial charge in [0.05, 0.1) is 22.3 Å². The number of rotatable bonds is 5. The Bertz CT molecular complexity index is 1090. The zero-order valence-corrected chi connectivity index (χ0v) is 17.2. The van der Waals surface area contributed by atoms with Crippen LogP contribution in [0, 0.1) is 0 Å². The third-order valence-corrected chi connectivity index (χ3v) is 5.76. The van der Waals surface area contributed by atoms with Gasteiger partial charge in [0.25, 0.3) is 5.91 Å². The van der Waals surface area contributed by atoms with Crippen molar-refractivity contribution in [3.63, 3.8) is 0 Å². The highest BCUT2D eigenvalue weighted by atomic mass is 32.2. The molecule has 1 aliphatic rings. The van der Waals surface area contributed by atoms with Crippen LogP contribution in [0.5, 0.6) is 0 Å². The fourth-order valence-electron chi connectivity index (χ4n) is 3.57. The maximum Gasteiger partial charge on any atom is 0.252 e. The van der Waals surface area contributed by atoms with E-state index in [-0.39, 0.29) is 11.4 Å². The largest absolute Gasteiger partial charge is 0.343 e. The Morgan fingerprint density at radius 1 is 1.32 bits per heavy atom. The standard InChI is InChI=1S/C21H23N5OS/c1-5-26(19-17-8-9-18(28-4)25(17)11-10-22-19)23-13-14-6-7-15-16(12-14)21(2,3)24-20(15)27/h6-13H,5H2,1-4H3,(H,24,27)/b23-13+. The van der Waals surface area contributed by atoms with Crippen LogP contribution in [0.2, 0.25) is 0 Å². The number of hydrogen-bond acceptors (Lipinski definition) is 5. The lowest BCUT2D eigenvalue weighted by molar-refractivity contribution is 0.0940. The summed E-state index contributed by atoms with van der Waals surface area (Å²) >= 11 is 1.70. The average molecular weight is 394 g/mol. The van der Waals surface area contributed by atoms with Gasteiger partial charge in [0, 0.05) is 24.5 Å². The number of aromatic nitrogens is 2. The molecule has 3 aromatic rings. The van der Waals surface area contributed by atoms with Crippen LogP contribution < -0.4 is 10.3 Å². The molecule has 7 heteroatoms. The van der Waals surface area contributed by atoms with Crippen LogP contribution in [0.4, 0.5) is 5.82 Å². The van der Waals surface area contributed by atoms with Crippen LogP contribution in [0.3, 0.4) is 0 Å². The Balaban J connectivity index is 1.68. The first-order valence-electron chi connectivity index (χ1n) is 9.23. The van der Waals surface area contributed by atoms with Gasteiger partial charge in [-0.2, -0.15) is 5.10 Å².